The summed E-state index contributed by atoms with van der Waals surface area (Å²) in [5, 5.41) is 0. The molecule has 0 heterocycles. The minimum atomic E-state index is -0.352. The predicted octanol–water partition coefficient (Wildman–Crippen LogP) is 2.22. The van der Waals surface area contributed by atoms with Gasteiger partial charge < -0.3 is 9.47 Å². The van der Waals surface area contributed by atoms with Crippen molar-refractivity contribution >= 4 is 0 Å². The zero-order valence-electron chi connectivity index (χ0n) is 7.84. The summed E-state index contributed by atoms with van der Waals surface area (Å²) in [6.45, 7) is -0.352. The van der Waals surface area contributed by atoms with E-state index in [1.54, 1.807) is 26.4 Å². The van der Waals surface area contributed by atoms with E-state index in [1.807, 2.05) is 6.07 Å². The summed E-state index contributed by atoms with van der Waals surface area (Å²) in [7, 11) is 3.14. The first-order valence-corrected chi connectivity index (χ1v) is 4.08. The molecule has 0 bridgehead atoms. The van der Waals surface area contributed by atoms with Crippen LogP contribution in [0, 0.1) is 0 Å². The summed E-state index contributed by atoms with van der Waals surface area (Å²) >= 11 is 0. The normalized spacial score (nSPS) is 9.77. The van der Waals surface area contributed by atoms with Gasteiger partial charge in [-0.05, 0) is 17.7 Å². The largest absolute Gasteiger partial charge is 0.493 e. The van der Waals surface area contributed by atoms with Crippen LogP contribution in [0.1, 0.15) is 5.56 Å². The lowest BCUT2D eigenvalue weighted by atomic mass is 10.1. The molecule has 0 N–H and O–H groups in total. The van der Waals surface area contributed by atoms with E-state index < -0.39 is 0 Å². The summed E-state index contributed by atoms with van der Waals surface area (Å²) in [5.74, 6) is 1.32. The van der Waals surface area contributed by atoms with Crippen molar-refractivity contribution in [1.82, 2.24) is 0 Å². The van der Waals surface area contributed by atoms with Gasteiger partial charge in [0.05, 0.1) is 20.9 Å². The van der Waals surface area contributed by atoms with Crippen LogP contribution < -0.4 is 9.47 Å². The monoisotopic (exact) mass is 184 g/mol. The highest BCUT2D eigenvalue weighted by Gasteiger charge is 2.03. The van der Waals surface area contributed by atoms with Crippen molar-refractivity contribution in [3.8, 4) is 11.5 Å². The molecule has 0 radical (unpaired) electrons. The standard InChI is InChI=1S/C10H13FO2/c1-12-9-4-3-8(5-6-11)7-10(9)13-2/h3-4,7H,5-6H2,1-2H3. The fraction of sp³-hybridized carbons (Fsp3) is 0.400. The Bertz CT molecular complexity index is 274. The van der Waals surface area contributed by atoms with Gasteiger partial charge >= 0.3 is 0 Å². The van der Waals surface area contributed by atoms with Crippen molar-refractivity contribution in [2.45, 2.75) is 6.42 Å². The first-order valence-electron chi connectivity index (χ1n) is 4.08. The van der Waals surface area contributed by atoms with Gasteiger partial charge in [0.25, 0.3) is 0 Å². The average molecular weight is 184 g/mol. The molecule has 0 aliphatic heterocycles. The maximum absolute atomic E-state index is 12.0. The molecule has 1 aromatic carbocycles. The highest BCUT2D eigenvalue weighted by molar-refractivity contribution is 5.42. The van der Waals surface area contributed by atoms with Gasteiger partial charge in [-0.25, -0.2) is 0 Å². The summed E-state index contributed by atoms with van der Waals surface area (Å²) < 4.78 is 22.2. The van der Waals surface area contributed by atoms with Gasteiger partial charge in [-0.1, -0.05) is 6.07 Å². The van der Waals surface area contributed by atoms with E-state index in [9.17, 15) is 4.39 Å². The number of halogens is 1. The molecule has 1 aromatic rings. The Kier molecular flexibility index (Phi) is 3.55. The summed E-state index contributed by atoms with van der Waals surface area (Å²) in [6, 6.07) is 5.41. The summed E-state index contributed by atoms with van der Waals surface area (Å²) in [5.41, 5.74) is 0.917. The number of ether oxygens (including phenoxy) is 2. The Morgan fingerprint density at radius 1 is 1.15 bits per heavy atom. The van der Waals surface area contributed by atoms with E-state index in [4.69, 9.17) is 9.47 Å². The lowest BCUT2D eigenvalue weighted by Gasteiger charge is -2.08. The zero-order chi connectivity index (χ0) is 9.68. The molecule has 0 fully saturated rings. The molecule has 0 spiro atoms. The van der Waals surface area contributed by atoms with E-state index in [2.05, 4.69) is 0 Å². The minimum absolute atomic E-state index is 0.352. The molecule has 1 rings (SSSR count). The molecule has 2 nitrogen and oxygen atoms in total. The number of rotatable bonds is 4. The molecule has 13 heavy (non-hydrogen) atoms. The van der Waals surface area contributed by atoms with Crippen LogP contribution in [0.25, 0.3) is 0 Å². The third-order valence-corrected chi connectivity index (χ3v) is 1.83. The highest BCUT2D eigenvalue weighted by Crippen LogP contribution is 2.27. The average Bonchev–Trinajstić information content (AvgIpc) is 2.18. The van der Waals surface area contributed by atoms with Crippen LogP contribution in [0.2, 0.25) is 0 Å². The van der Waals surface area contributed by atoms with Gasteiger partial charge in [-0.3, -0.25) is 4.39 Å². The molecule has 0 saturated carbocycles. The van der Waals surface area contributed by atoms with E-state index in [0.29, 0.717) is 17.9 Å². The molecule has 0 amide bonds. The number of hydrogen-bond donors (Lipinski definition) is 0. The number of benzene rings is 1. The Balaban J connectivity index is 2.91. The predicted molar refractivity (Wildman–Crippen MR) is 49.2 cm³/mol. The summed E-state index contributed by atoms with van der Waals surface area (Å²) in [4.78, 5) is 0. The lowest BCUT2D eigenvalue weighted by Crippen LogP contribution is -1.93. The van der Waals surface area contributed by atoms with Crippen molar-refractivity contribution in [3.63, 3.8) is 0 Å². The van der Waals surface area contributed by atoms with Crippen molar-refractivity contribution in [2.75, 3.05) is 20.9 Å². The van der Waals surface area contributed by atoms with Gasteiger partial charge in [0, 0.05) is 6.42 Å². The second kappa shape index (κ2) is 4.70. The molecule has 0 atom stereocenters. The molecular formula is C10H13FO2. The molecule has 0 aliphatic carbocycles. The minimum Gasteiger partial charge on any atom is -0.493 e. The van der Waals surface area contributed by atoms with E-state index in [1.165, 1.54) is 0 Å². The van der Waals surface area contributed by atoms with Crippen LogP contribution in [-0.2, 0) is 6.42 Å². The van der Waals surface area contributed by atoms with Crippen LogP contribution in [0.5, 0.6) is 11.5 Å². The number of aryl methyl sites for hydroxylation is 1. The van der Waals surface area contributed by atoms with Crippen molar-refractivity contribution < 1.29 is 13.9 Å². The Morgan fingerprint density at radius 3 is 2.38 bits per heavy atom. The topological polar surface area (TPSA) is 18.5 Å². The zero-order valence-corrected chi connectivity index (χ0v) is 7.84. The first-order chi connectivity index (χ1) is 6.31. The van der Waals surface area contributed by atoms with Crippen LogP contribution in [0.15, 0.2) is 18.2 Å². The third kappa shape index (κ3) is 2.34. The highest BCUT2D eigenvalue weighted by atomic mass is 19.1. The number of hydrogen-bond acceptors (Lipinski definition) is 2. The molecule has 0 aliphatic rings. The molecule has 0 saturated heterocycles. The Morgan fingerprint density at radius 2 is 1.85 bits per heavy atom. The molecule has 0 aromatic heterocycles. The van der Waals surface area contributed by atoms with Crippen LogP contribution in [0.3, 0.4) is 0 Å². The maximum atomic E-state index is 12.0. The fourth-order valence-electron chi connectivity index (χ4n) is 1.15. The van der Waals surface area contributed by atoms with Crippen molar-refractivity contribution in [3.05, 3.63) is 23.8 Å². The Labute approximate surface area is 77.3 Å². The van der Waals surface area contributed by atoms with Crippen LogP contribution in [-0.4, -0.2) is 20.9 Å². The smallest absolute Gasteiger partial charge is 0.160 e. The van der Waals surface area contributed by atoms with Crippen LogP contribution in [0.4, 0.5) is 4.39 Å². The quantitative estimate of drug-likeness (QED) is 0.714. The number of methoxy groups -OCH3 is 2. The van der Waals surface area contributed by atoms with Gasteiger partial charge in [0.2, 0.25) is 0 Å². The van der Waals surface area contributed by atoms with E-state index in [-0.39, 0.29) is 6.67 Å². The van der Waals surface area contributed by atoms with Gasteiger partial charge in [0.1, 0.15) is 0 Å². The summed E-state index contributed by atoms with van der Waals surface area (Å²) in [6.07, 6.45) is 0.417. The molecule has 72 valence electrons. The molecular weight excluding hydrogens is 171 g/mol. The number of alkyl halides is 1. The maximum Gasteiger partial charge on any atom is 0.160 e. The van der Waals surface area contributed by atoms with Crippen molar-refractivity contribution in [2.24, 2.45) is 0 Å². The van der Waals surface area contributed by atoms with Gasteiger partial charge in [-0.2, -0.15) is 0 Å². The second-order valence-electron chi connectivity index (χ2n) is 2.63. The van der Waals surface area contributed by atoms with E-state index >= 15 is 0 Å². The first kappa shape index (κ1) is 9.84. The van der Waals surface area contributed by atoms with Crippen LogP contribution >= 0.6 is 0 Å². The van der Waals surface area contributed by atoms with Gasteiger partial charge in [0.15, 0.2) is 11.5 Å². The second-order valence-corrected chi connectivity index (χ2v) is 2.63. The van der Waals surface area contributed by atoms with Crippen molar-refractivity contribution in [1.29, 1.82) is 0 Å². The fourth-order valence-corrected chi connectivity index (χ4v) is 1.15. The molecule has 3 heteroatoms. The Hall–Kier alpha value is -1.25. The third-order valence-electron chi connectivity index (χ3n) is 1.83. The van der Waals surface area contributed by atoms with E-state index in [0.717, 1.165) is 5.56 Å². The SMILES string of the molecule is COc1ccc(CCF)cc1OC. The lowest BCUT2D eigenvalue weighted by molar-refractivity contribution is 0.354. The molecule has 0 unspecified atom stereocenters. The van der Waals surface area contributed by atoms with Gasteiger partial charge in [-0.15, -0.1) is 0 Å².